The van der Waals surface area contributed by atoms with Crippen LogP contribution in [0.25, 0.3) is 0 Å². The summed E-state index contributed by atoms with van der Waals surface area (Å²) in [4.78, 5) is 25.6. The predicted octanol–water partition coefficient (Wildman–Crippen LogP) is 5.50. The van der Waals surface area contributed by atoms with Crippen LogP contribution in [0.2, 0.25) is 0 Å². The molecule has 2 fully saturated rings. The standard InChI is InChI=1S/C24H22F3N5O2/c1-15-12-29-20(14-28-15)31-23(33)32-9-7-16(8-10-32)22(32)17-3-2-4-19(11-17)34-21-6-5-18(13-30-21)24(25,26)27/h2-6,11-14,16,22H,7-10H2,1H3/p+1. The first-order chi connectivity index (χ1) is 16.2. The highest BCUT2D eigenvalue weighted by atomic mass is 19.4. The van der Waals surface area contributed by atoms with Gasteiger partial charge in [-0.25, -0.2) is 19.2 Å². The number of rotatable bonds is 4. The number of aromatic nitrogens is 3. The Kier molecular flexibility index (Phi) is 5.47. The lowest BCUT2D eigenvalue weighted by atomic mass is 9.94. The molecule has 2 aliphatic rings. The zero-order valence-corrected chi connectivity index (χ0v) is 18.4. The Morgan fingerprint density at radius 2 is 1.85 bits per heavy atom. The monoisotopic (exact) mass is 470 g/mol. The number of anilines is 1. The molecule has 0 radical (unpaired) electrons. The van der Waals surface area contributed by atoms with Gasteiger partial charge in [-0.2, -0.15) is 13.2 Å². The maximum Gasteiger partial charge on any atom is 0.422 e. The van der Waals surface area contributed by atoms with Crippen molar-refractivity contribution in [1.82, 2.24) is 15.0 Å². The first-order valence-electron chi connectivity index (χ1n) is 11.0. The molecule has 2 bridgehead atoms. The molecule has 0 saturated carbocycles. The van der Waals surface area contributed by atoms with Gasteiger partial charge in [-0.15, -0.1) is 0 Å². The largest absolute Gasteiger partial charge is 0.439 e. The fourth-order valence-corrected chi connectivity index (χ4v) is 5.10. The Labute approximate surface area is 194 Å². The predicted molar refractivity (Wildman–Crippen MR) is 117 cm³/mol. The van der Waals surface area contributed by atoms with E-state index < -0.39 is 11.7 Å². The lowest BCUT2D eigenvalue weighted by Gasteiger charge is -2.33. The average Bonchev–Trinajstić information content (AvgIpc) is 3.38. The van der Waals surface area contributed by atoms with Crippen LogP contribution in [0.4, 0.5) is 23.8 Å². The van der Waals surface area contributed by atoms with Gasteiger partial charge in [0.25, 0.3) is 0 Å². The molecule has 7 nitrogen and oxygen atoms in total. The Balaban J connectivity index is 1.37. The molecule has 1 unspecified atom stereocenters. The van der Waals surface area contributed by atoms with Gasteiger partial charge in [-0.3, -0.25) is 10.3 Å². The van der Waals surface area contributed by atoms with Gasteiger partial charge in [0, 0.05) is 36.6 Å². The molecule has 34 heavy (non-hydrogen) atoms. The summed E-state index contributed by atoms with van der Waals surface area (Å²) in [5, 5.41) is 2.93. The van der Waals surface area contributed by atoms with E-state index in [0.29, 0.717) is 17.5 Å². The zero-order chi connectivity index (χ0) is 23.9. The summed E-state index contributed by atoms with van der Waals surface area (Å²) in [6.07, 6.45) is 1.33. The van der Waals surface area contributed by atoms with Crippen LogP contribution in [0.3, 0.4) is 0 Å². The lowest BCUT2D eigenvalue weighted by Crippen LogP contribution is -2.52. The van der Waals surface area contributed by atoms with E-state index in [9.17, 15) is 18.0 Å². The number of aryl methyl sites for hydroxylation is 1. The summed E-state index contributed by atoms with van der Waals surface area (Å²) in [6.45, 7) is 3.29. The summed E-state index contributed by atoms with van der Waals surface area (Å²) >= 11 is 0. The van der Waals surface area contributed by atoms with Crippen molar-refractivity contribution >= 4 is 11.8 Å². The highest BCUT2D eigenvalue weighted by molar-refractivity contribution is 5.83. The molecule has 1 N–H and O–H groups in total. The number of carbonyl (C=O) groups is 1. The number of ether oxygens (including phenoxy) is 1. The Morgan fingerprint density at radius 3 is 2.50 bits per heavy atom. The van der Waals surface area contributed by atoms with Gasteiger partial charge in [0.1, 0.15) is 11.8 Å². The van der Waals surface area contributed by atoms with E-state index in [1.54, 1.807) is 18.5 Å². The van der Waals surface area contributed by atoms with Crippen molar-refractivity contribution < 1.29 is 27.2 Å². The van der Waals surface area contributed by atoms with Crippen LogP contribution in [0.15, 0.2) is 55.0 Å². The SMILES string of the molecule is Cc1cnc(NC(=O)[N+]23CCC(CC2)C3c2cccc(Oc3ccc(C(F)(F)F)cn3)c2)cn1. The molecule has 2 amide bonds. The van der Waals surface area contributed by atoms with Gasteiger partial charge in [-0.05, 0) is 25.1 Å². The number of carbonyl (C=O) groups excluding carboxylic acids is 1. The van der Waals surface area contributed by atoms with Crippen molar-refractivity contribution in [2.45, 2.75) is 32.0 Å². The van der Waals surface area contributed by atoms with Gasteiger partial charge in [0.2, 0.25) is 5.88 Å². The molecule has 2 aromatic heterocycles. The van der Waals surface area contributed by atoms with E-state index in [4.69, 9.17) is 4.74 Å². The second-order valence-electron chi connectivity index (χ2n) is 8.79. The first kappa shape index (κ1) is 22.3. The number of nitrogens with zero attached hydrogens (tertiary/aromatic N) is 4. The lowest BCUT2D eigenvalue weighted by molar-refractivity contribution is -0.856. The molecule has 2 aliphatic heterocycles. The van der Waals surface area contributed by atoms with Crippen molar-refractivity contribution in [2.24, 2.45) is 5.92 Å². The number of alkyl halides is 3. The number of hydrogen-bond donors (Lipinski definition) is 1. The van der Waals surface area contributed by atoms with Crippen molar-refractivity contribution in [3.8, 4) is 11.6 Å². The molecule has 2 saturated heterocycles. The van der Waals surface area contributed by atoms with Crippen molar-refractivity contribution in [2.75, 3.05) is 18.4 Å². The summed E-state index contributed by atoms with van der Waals surface area (Å²) in [5.74, 6) is 1.30. The Bertz CT molecular complexity index is 1190. The van der Waals surface area contributed by atoms with Gasteiger partial charge >= 0.3 is 12.2 Å². The third-order valence-electron chi connectivity index (χ3n) is 6.68. The molecule has 176 valence electrons. The van der Waals surface area contributed by atoms with E-state index >= 15 is 0 Å². The molecule has 5 rings (SSSR count). The number of benzene rings is 1. The number of fused-ring (bicyclic) bond motifs is 2. The Hall–Kier alpha value is -3.53. The number of halogens is 3. The van der Waals surface area contributed by atoms with Crippen molar-refractivity contribution in [1.29, 1.82) is 0 Å². The number of urea groups is 1. The summed E-state index contributed by atoms with van der Waals surface area (Å²) in [6, 6.07) is 9.35. The maximum atomic E-state index is 13.4. The minimum atomic E-state index is -4.45. The van der Waals surface area contributed by atoms with Crippen molar-refractivity contribution in [3.05, 3.63) is 71.8 Å². The number of nitrogens with one attached hydrogen (secondary N) is 1. The zero-order valence-electron chi connectivity index (χ0n) is 18.4. The second kappa shape index (κ2) is 8.35. The number of piperidine rings is 1. The number of quaternary nitrogens is 1. The Morgan fingerprint density at radius 1 is 1.06 bits per heavy atom. The van der Waals surface area contributed by atoms with Crippen LogP contribution in [-0.4, -0.2) is 38.6 Å². The first-order valence-corrected chi connectivity index (χ1v) is 11.0. The molecular weight excluding hydrogens is 447 g/mol. The third kappa shape index (κ3) is 4.09. The quantitative estimate of drug-likeness (QED) is 0.509. The maximum absolute atomic E-state index is 13.4. The average molecular weight is 470 g/mol. The highest BCUT2D eigenvalue weighted by Gasteiger charge is 2.59. The molecule has 1 atom stereocenters. The van der Waals surface area contributed by atoms with E-state index in [0.717, 1.165) is 49.5 Å². The van der Waals surface area contributed by atoms with Gasteiger partial charge in [0.15, 0.2) is 5.82 Å². The molecular formula is C24H23F3N5O2+. The normalized spacial score (nSPS) is 23.6. The topological polar surface area (TPSA) is 77.0 Å². The molecule has 10 heteroatoms. The third-order valence-corrected chi connectivity index (χ3v) is 6.68. The fraction of sp³-hybridized carbons (Fsp3) is 0.333. The number of hydrogen-bond acceptors (Lipinski definition) is 5. The second-order valence-corrected chi connectivity index (χ2v) is 8.79. The molecule has 3 aromatic rings. The minimum Gasteiger partial charge on any atom is -0.439 e. The molecule has 4 heterocycles. The summed E-state index contributed by atoms with van der Waals surface area (Å²) < 4.78 is 44.4. The van der Waals surface area contributed by atoms with Crippen LogP contribution in [-0.2, 0) is 6.18 Å². The van der Waals surface area contributed by atoms with E-state index in [1.165, 1.54) is 6.07 Å². The number of pyridine rings is 1. The van der Waals surface area contributed by atoms with Gasteiger partial charge < -0.3 is 4.74 Å². The van der Waals surface area contributed by atoms with Gasteiger partial charge in [-0.1, -0.05) is 12.1 Å². The van der Waals surface area contributed by atoms with E-state index in [1.807, 2.05) is 25.1 Å². The van der Waals surface area contributed by atoms with Crippen LogP contribution in [0.5, 0.6) is 11.6 Å². The van der Waals surface area contributed by atoms with Crippen molar-refractivity contribution in [3.63, 3.8) is 0 Å². The van der Waals surface area contributed by atoms with E-state index in [-0.39, 0.29) is 22.4 Å². The molecule has 0 aliphatic carbocycles. The highest BCUT2D eigenvalue weighted by Crippen LogP contribution is 2.52. The van der Waals surface area contributed by atoms with Crippen LogP contribution in [0, 0.1) is 12.8 Å². The molecule has 0 spiro atoms. The summed E-state index contributed by atoms with van der Waals surface area (Å²) in [7, 11) is 0. The summed E-state index contributed by atoms with van der Waals surface area (Å²) in [5.41, 5.74) is 0.888. The van der Waals surface area contributed by atoms with Crippen LogP contribution < -0.4 is 10.1 Å². The van der Waals surface area contributed by atoms with Crippen LogP contribution >= 0.6 is 0 Å². The fourth-order valence-electron chi connectivity index (χ4n) is 5.10. The smallest absolute Gasteiger partial charge is 0.422 e. The van der Waals surface area contributed by atoms with E-state index in [2.05, 4.69) is 20.3 Å². The molecule has 1 aromatic carbocycles. The van der Waals surface area contributed by atoms with Crippen LogP contribution in [0.1, 0.15) is 35.7 Å². The minimum absolute atomic E-state index is 0.0393. The number of amides is 2. The van der Waals surface area contributed by atoms with Gasteiger partial charge in [0.05, 0.1) is 36.7 Å².